The predicted molar refractivity (Wildman–Crippen MR) is 159 cm³/mol. The number of rotatable bonds is 9. The molecule has 2 aromatic rings. The smallest absolute Gasteiger partial charge is 0.302 e. The molecular weight excluding hydrogens is 676 g/mol. The van der Waals surface area contributed by atoms with Gasteiger partial charge >= 0.3 is 11.9 Å². The molecule has 50 heavy (non-hydrogen) atoms. The maximum Gasteiger partial charge on any atom is 0.302 e. The number of esters is 2. The molecule has 2 saturated heterocycles. The second-order valence-electron chi connectivity index (χ2n) is 11.7. The summed E-state index contributed by atoms with van der Waals surface area (Å²) in [7, 11) is 0. The average Bonchev–Trinajstić information content (AvgIpc) is 3.06. The molecule has 3 aliphatic heterocycles. The summed E-state index contributed by atoms with van der Waals surface area (Å²) in [5.41, 5.74) is -0.0871. The highest BCUT2D eigenvalue weighted by Gasteiger charge is 2.48. The maximum atomic E-state index is 11.4. The van der Waals surface area contributed by atoms with Crippen molar-refractivity contribution in [1.82, 2.24) is 0 Å². The molecule has 0 bridgehead atoms. The highest BCUT2D eigenvalue weighted by Crippen LogP contribution is 2.47. The molecule has 3 heterocycles. The van der Waals surface area contributed by atoms with Crippen molar-refractivity contribution in [3.05, 3.63) is 41.2 Å². The van der Waals surface area contributed by atoms with Gasteiger partial charge in [-0.3, -0.25) is 9.59 Å². The van der Waals surface area contributed by atoms with E-state index in [0.29, 0.717) is 0 Å². The molecule has 0 saturated carbocycles. The second-order valence-corrected chi connectivity index (χ2v) is 11.7. The minimum absolute atomic E-state index is 0.0310. The predicted octanol–water partition coefficient (Wildman–Crippen LogP) is -1.88. The Balaban J connectivity index is 1.53. The van der Waals surface area contributed by atoms with E-state index in [4.69, 9.17) is 33.2 Å². The van der Waals surface area contributed by atoms with Crippen LogP contribution in [0, 0.1) is 0 Å². The fourth-order valence-corrected chi connectivity index (χ4v) is 5.39. The normalized spacial score (nSPS) is 32.2. The lowest BCUT2D eigenvalue weighted by Gasteiger charge is -2.41. The van der Waals surface area contributed by atoms with Crippen LogP contribution in [0.5, 0.6) is 34.5 Å². The average molecular weight is 713 g/mol. The summed E-state index contributed by atoms with van der Waals surface area (Å²) in [6.07, 6.45) is -17.4. The zero-order chi connectivity index (χ0) is 36.6. The number of aliphatic hydroxyl groups excluding tert-OH is 6. The summed E-state index contributed by atoms with van der Waals surface area (Å²) in [5, 5.41) is 104. The van der Waals surface area contributed by atoms with Crippen LogP contribution in [0.1, 0.15) is 31.1 Å². The molecular formula is C31H36O19. The van der Waals surface area contributed by atoms with Gasteiger partial charge in [-0.1, -0.05) is 0 Å². The summed E-state index contributed by atoms with van der Waals surface area (Å²) in [5.74, 6) is -4.99. The van der Waals surface area contributed by atoms with Crippen molar-refractivity contribution in [3.63, 3.8) is 0 Å². The first kappa shape index (κ1) is 36.7. The van der Waals surface area contributed by atoms with Gasteiger partial charge < -0.3 is 84.2 Å². The zero-order valence-corrected chi connectivity index (χ0v) is 26.3. The highest BCUT2D eigenvalue weighted by molar-refractivity contribution is 5.70. The van der Waals surface area contributed by atoms with Gasteiger partial charge in [0.15, 0.2) is 23.4 Å². The highest BCUT2D eigenvalue weighted by atomic mass is 16.7. The largest absolute Gasteiger partial charge is 0.508 e. The molecule has 19 heteroatoms. The van der Waals surface area contributed by atoms with E-state index in [1.807, 2.05) is 0 Å². The lowest BCUT2D eigenvalue weighted by Crippen LogP contribution is -2.60. The fourth-order valence-electron chi connectivity index (χ4n) is 5.39. The standard InChI is InChI=1S/C31H36O19/c1-10(32)44-8-20-23(38)25(40)27(42)30(49-20)47-18-6-13(34)5-17-14(18)7-19(29(46-17)12-3-15(35)22(37)16(36)4-12)48-31-28(43)26(41)24(39)21(50-31)9-45-11(2)33/h3-7,20-21,23-31,34-43H,8-9H2,1-2H3. The molecule has 0 radical (unpaired) electrons. The van der Waals surface area contributed by atoms with Crippen molar-refractivity contribution in [1.29, 1.82) is 0 Å². The molecule has 11 unspecified atom stereocenters. The number of ether oxygens (including phenoxy) is 7. The Labute approximate surface area is 282 Å². The number of benzene rings is 2. The molecule has 0 aromatic heterocycles. The summed E-state index contributed by atoms with van der Waals surface area (Å²) >= 11 is 0. The Kier molecular flexibility index (Phi) is 10.8. The Hall–Kier alpha value is -4.60. The molecule has 3 aliphatic rings. The molecule has 10 N–H and O–H groups in total. The Morgan fingerprint density at radius 3 is 1.68 bits per heavy atom. The number of phenols is 4. The van der Waals surface area contributed by atoms with Crippen LogP contribution in [0.3, 0.4) is 0 Å². The van der Waals surface area contributed by atoms with Gasteiger partial charge in [-0.15, -0.1) is 0 Å². The number of carbonyl (C=O) groups is 2. The summed E-state index contributed by atoms with van der Waals surface area (Å²) < 4.78 is 38.8. The van der Waals surface area contributed by atoms with Gasteiger partial charge in [0.1, 0.15) is 85.1 Å². The number of carbonyl (C=O) groups excluding carboxylic acids is 2. The SMILES string of the molecule is CC(=O)OCC1OC(OC2=Cc3c(cc(O)cc3OC3OC(COC(C)=O)C(O)C(O)C3O)OC2c2cc(O)c(O)c(O)c2)C(O)C(O)C1O. The minimum atomic E-state index is -1.91. The van der Waals surface area contributed by atoms with Gasteiger partial charge in [-0.25, -0.2) is 0 Å². The van der Waals surface area contributed by atoms with Crippen molar-refractivity contribution < 1.29 is 93.8 Å². The number of aliphatic hydroxyl groups is 6. The number of aromatic hydroxyl groups is 4. The minimum Gasteiger partial charge on any atom is -0.508 e. The van der Waals surface area contributed by atoms with Gasteiger partial charge in [-0.2, -0.15) is 0 Å². The third kappa shape index (κ3) is 7.59. The lowest BCUT2D eigenvalue weighted by atomic mass is 9.98. The van der Waals surface area contributed by atoms with Crippen LogP contribution < -0.4 is 9.47 Å². The molecule has 274 valence electrons. The second kappa shape index (κ2) is 14.7. The van der Waals surface area contributed by atoms with Gasteiger partial charge in [0.2, 0.25) is 12.6 Å². The van der Waals surface area contributed by atoms with E-state index in [1.165, 1.54) is 6.08 Å². The molecule has 2 aromatic carbocycles. The molecule has 0 amide bonds. The summed E-state index contributed by atoms with van der Waals surface area (Å²) in [6.45, 7) is 1.15. The van der Waals surface area contributed by atoms with Crippen molar-refractivity contribution in [3.8, 4) is 34.5 Å². The number of phenolic OH excluding ortho intramolecular Hbond substituents is 4. The van der Waals surface area contributed by atoms with Crippen LogP contribution in [0.2, 0.25) is 0 Å². The molecule has 5 rings (SSSR count). The van der Waals surface area contributed by atoms with Crippen LogP contribution in [0.15, 0.2) is 30.0 Å². The first-order valence-electron chi connectivity index (χ1n) is 15.0. The van der Waals surface area contributed by atoms with E-state index >= 15 is 0 Å². The number of hydrogen-bond acceptors (Lipinski definition) is 19. The van der Waals surface area contributed by atoms with E-state index in [1.54, 1.807) is 0 Å². The zero-order valence-electron chi connectivity index (χ0n) is 26.3. The van der Waals surface area contributed by atoms with Crippen LogP contribution >= 0.6 is 0 Å². The van der Waals surface area contributed by atoms with Crippen molar-refractivity contribution in [2.45, 2.75) is 81.4 Å². The molecule has 11 atom stereocenters. The molecule has 2 fully saturated rings. The molecule has 0 aliphatic carbocycles. The van der Waals surface area contributed by atoms with Gasteiger partial charge in [0, 0.05) is 31.5 Å². The van der Waals surface area contributed by atoms with Crippen LogP contribution in [-0.2, 0) is 33.3 Å². The molecule has 19 nitrogen and oxygen atoms in total. The third-order valence-corrected chi connectivity index (χ3v) is 8.01. The first-order chi connectivity index (χ1) is 23.5. The Morgan fingerprint density at radius 1 is 0.680 bits per heavy atom. The topological polar surface area (TPSA) is 301 Å². The maximum absolute atomic E-state index is 11.4. The molecule has 0 spiro atoms. The van der Waals surface area contributed by atoms with Gasteiger partial charge in [0.25, 0.3) is 0 Å². The van der Waals surface area contributed by atoms with E-state index in [2.05, 4.69) is 0 Å². The number of hydrogen-bond donors (Lipinski definition) is 10. The third-order valence-electron chi connectivity index (χ3n) is 8.01. The van der Waals surface area contributed by atoms with E-state index < -0.39 is 116 Å². The van der Waals surface area contributed by atoms with Crippen LogP contribution in [0.4, 0.5) is 0 Å². The first-order valence-corrected chi connectivity index (χ1v) is 15.0. The lowest BCUT2D eigenvalue weighted by molar-refractivity contribution is -0.294. The summed E-state index contributed by atoms with van der Waals surface area (Å²) in [6, 6.07) is 4.20. The van der Waals surface area contributed by atoms with Crippen LogP contribution in [0.25, 0.3) is 6.08 Å². The van der Waals surface area contributed by atoms with E-state index in [-0.39, 0.29) is 28.4 Å². The van der Waals surface area contributed by atoms with Crippen molar-refractivity contribution >= 4 is 18.0 Å². The van der Waals surface area contributed by atoms with Crippen LogP contribution in [-0.4, -0.2) is 138 Å². The van der Waals surface area contributed by atoms with Crippen molar-refractivity contribution in [2.75, 3.05) is 13.2 Å². The quantitative estimate of drug-likeness (QED) is 0.100. The van der Waals surface area contributed by atoms with E-state index in [9.17, 15) is 60.7 Å². The van der Waals surface area contributed by atoms with Gasteiger partial charge in [-0.05, 0) is 18.2 Å². The summed E-state index contributed by atoms with van der Waals surface area (Å²) in [4.78, 5) is 22.7. The van der Waals surface area contributed by atoms with Gasteiger partial charge in [0.05, 0.1) is 5.56 Å². The number of fused-ring (bicyclic) bond motifs is 1. The van der Waals surface area contributed by atoms with E-state index in [0.717, 1.165) is 38.1 Å². The van der Waals surface area contributed by atoms with Crippen molar-refractivity contribution in [2.24, 2.45) is 0 Å². The Morgan fingerprint density at radius 2 is 1.18 bits per heavy atom. The Bertz CT molecular complexity index is 1590. The fraction of sp³-hybridized carbons (Fsp3) is 0.484. The monoisotopic (exact) mass is 712 g/mol.